The van der Waals surface area contributed by atoms with Crippen LogP contribution < -0.4 is 27.9 Å². The Morgan fingerprint density at radius 3 is 1.45 bits per heavy atom. The predicted molar refractivity (Wildman–Crippen MR) is 334 cm³/mol. The van der Waals surface area contributed by atoms with E-state index in [4.69, 9.17) is 29.2 Å². The highest BCUT2D eigenvalue weighted by atomic mass is 16.4. The molecule has 0 aliphatic carbocycles. The number of aromatic nitrogens is 6. The molecule has 6 aromatic heterocycles. The number of nitrogens with zero attached hydrogens (tertiary/aromatic N) is 6. The molecular formula is C63H80N8O14. The maximum atomic E-state index is 11.9. The van der Waals surface area contributed by atoms with Crippen LogP contribution in [0.4, 0.5) is 0 Å². The van der Waals surface area contributed by atoms with Gasteiger partial charge >= 0.3 is 28.8 Å². The van der Waals surface area contributed by atoms with Crippen LogP contribution >= 0.6 is 0 Å². The molecule has 22 nitrogen and oxygen atoms in total. The second-order valence-corrected chi connectivity index (χ2v) is 16.6. The van der Waals surface area contributed by atoms with Crippen LogP contribution in [0, 0.1) is 6.92 Å². The number of hydrogen-bond acceptors (Lipinski definition) is 16. The lowest BCUT2D eigenvalue weighted by Gasteiger charge is -2.08. The molecule has 0 fully saturated rings. The molecule has 6 N–H and O–H groups in total. The second-order valence-electron chi connectivity index (χ2n) is 16.6. The van der Waals surface area contributed by atoms with Crippen molar-refractivity contribution in [3.05, 3.63) is 164 Å². The number of phenolic OH excluding ortho intramolecular Hbond substituents is 1. The minimum Gasteiger partial charge on any atom is -0.507 e. The Morgan fingerprint density at radius 2 is 1.01 bits per heavy atom. The number of Topliss-reactive ketones (excluding diaryl/α,β-unsaturated/α-hetero) is 1. The van der Waals surface area contributed by atoms with E-state index in [1.54, 1.807) is 60.1 Å². The highest BCUT2D eigenvalue weighted by Crippen LogP contribution is 2.31. The fourth-order valence-electron chi connectivity index (χ4n) is 7.56. The van der Waals surface area contributed by atoms with Gasteiger partial charge in [0.25, 0.3) is 0 Å². The molecular weight excluding hydrogens is 1090 g/mol. The van der Waals surface area contributed by atoms with E-state index in [0.717, 1.165) is 46.4 Å². The number of phenols is 1. The Labute approximate surface area is 492 Å². The van der Waals surface area contributed by atoms with E-state index in [9.17, 15) is 43.5 Å². The molecule has 0 bridgehead atoms. The number of benzene rings is 4. The standard InChI is InChI=1S/C15H15N3O3.C13H10N2O3.C12H10N2O5.C11H8O3.C3H9N.4C2H6.CH4/c1-2-7-16-13(19)9-18-14-10-5-3-4-6-12(10)21-15(20)11(14)8-17-18;1-8(16)7-15-12-9-4-2-3-5-11(9)18-13(17)10(12)6-14-15;15-9-4-2-1-3-7(9)11-8(12(18)19)5-13-14(11)6-10(16)17;1-7-8-4-2-3-5-10(8)14-11(13)9(7)6-12;1-2-3-4;4*1-2;/h3-6,8H,2,7,9H2,1H3,(H,16,19);2-6H,7H2,1H3;1-5,15H,6H2,(H,16,17)(H,18,19);2-6H,1H3;2-4H2,1H3;4*1-2H3;1H4. The first-order chi connectivity index (χ1) is 40.5. The van der Waals surface area contributed by atoms with Gasteiger partial charge in [0.05, 0.1) is 41.9 Å². The van der Waals surface area contributed by atoms with Gasteiger partial charge in [-0.1, -0.05) is 131 Å². The van der Waals surface area contributed by atoms with Crippen molar-refractivity contribution in [2.24, 2.45) is 5.73 Å². The molecule has 4 aromatic carbocycles. The summed E-state index contributed by atoms with van der Waals surface area (Å²) in [4.78, 5) is 90.6. The number of amides is 1. The number of nitrogens with two attached hydrogens (primary N) is 1. The molecule has 0 spiro atoms. The molecule has 1 amide bonds. The number of aldehydes is 1. The third kappa shape index (κ3) is 19.7. The molecule has 0 unspecified atom stereocenters. The summed E-state index contributed by atoms with van der Waals surface area (Å²) in [6.07, 6.45) is 6.45. The number of hydrogen-bond donors (Lipinski definition) is 5. The van der Waals surface area contributed by atoms with E-state index in [0.29, 0.717) is 56.9 Å². The molecule has 0 aliphatic heterocycles. The largest absolute Gasteiger partial charge is 0.507 e. The average molecular weight is 1170 g/mol. The molecule has 0 radical (unpaired) electrons. The fraction of sp³-hybridized carbons (Fsp3) is 0.317. The number of nitrogens with one attached hydrogen (secondary N) is 1. The quantitative estimate of drug-likeness (QED) is 0.0560. The summed E-state index contributed by atoms with van der Waals surface area (Å²) in [5, 5.41) is 45.5. The van der Waals surface area contributed by atoms with Gasteiger partial charge < -0.3 is 39.6 Å². The Bertz CT molecular complexity index is 3920. The number of ketones is 1. The number of aliphatic carboxylic acids is 1. The highest BCUT2D eigenvalue weighted by Gasteiger charge is 2.22. The SMILES string of the molecule is C.CC.CC.CC.CC.CC(=O)Cn1ncc2c(=O)oc3ccccc3c21.CCCN.CCCNC(=O)Cn1ncc2c(=O)oc3ccccc3c21.Cc1c(C=O)c(=O)oc2ccccc12.O=C(O)Cn1ncc(C(=O)O)c1-c1ccccc1O. The number of aryl methyl sites for hydroxylation is 1. The molecule has 0 saturated carbocycles. The molecule has 10 rings (SSSR count). The number of rotatable bonds is 12. The van der Waals surface area contributed by atoms with Gasteiger partial charge in [0.2, 0.25) is 5.91 Å². The van der Waals surface area contributed by atoms with Crippen molar-refractivity contribution in [3.8, 4) is 17.0 Å². The number of para-hydroxylation sites is 4. The smallest absolute Gasteiger partial charge is 0.347 e. The van der Waals surface area contributed by atoms with Crippen LogP contribution in [0.3, 0.4) is 0 Å². The van der Waals surface area contributed by atoms with E-state index in [2.05, 4.69) is 27.5 Å². The molecule has 6 heterocycles. The Balaban J connectivity index is 0.000000534. The van der Waals surface area contributed by atoms with E-state index in [-0.39, 0.29) is 60.3 Å². The van der Waals surface area contributed by atoms with E-state index in [1.165, 1.54) is 36.1 Å². The third-order valence-corrected chi connectivity index (χ3v) is 11.1. The zero-order valence-corrected chi connectivity index (χ0v) is 49.6. The highest BCUT2D eigenvalue weighted by molar-refractivity contribution is 6.03. The Morgan fingerprint density at radius 1 is 0.588 bits per heavy atom. The van der Waals surface area contributed by atoms with Crippen molar-refractivity contribution in [3.63, 3.8) is 0 Å². The minimum atomic E-state index is -1.24. The van der Waals surface area contributed by atoms with Crippen molar-refractivity contribution >= 4 is 84.6 Å². The van der Waals surface area contributed by atoms with E-state index < -0.39 is 35.4 Å². The molecule has 22 heteroatoms. The maximum absolute atomic E-state index is 11.9. The van der Waals surface area contributed by atoms with Crippen molar-refractivity contribution < 1.29 is 52.5 Å². The monoisotopic (exact) mass is 1170 g/mol. The molecule has 456 valence electrons. The third-order valence-electron chi connectivity index (χ3n) is 11.1. The molecule has 0 aliphatic rings. The zero-order valence-electron chi connectivity index (χ0n) is 49.6. The van der Waals surface area contributed by atoms with Crippen molar-refractivity contribution in [2.75, 3.05) is 13.1 Å². The second kappa shape index (κ2) is 38.0. The number of carboxylic acid groups (broad SMARTS) is 2. The normalized spacial score (nSPS) is 9.75. The number of aromatic hydroxyl groups is 1. The minimum absolute atomic E-state index is 0. The molecule has 10 aromatic rings. The Kier molecular flexibility index (Phi) is 32.8. The topological polar surface area (TPSA) is 328 Å². The number of fused-ring (bicyclic) bond motifs is 7. The number of carbonyl (C=O) groups is 5. The van der Waals surface area contributed by atoms with Gasteiger partial charge in [-0.2, -0.15) is 15.3 Å². The van der Waals surface area contributed by atoms with Gasteiger partial charge in [-0.05, 0) is 81.3 Å². The van der Waals surface area contributed by atoms with Gasteiger partial charge in [-0.25, -0.2) is 19.2 Å². The van der Waals surface area contributed by atoms with E-state index >= 15 is 0 Å². The van der Waals surface area contributed by atoms with Gasteiger partial charge in [-0.3, -0.25) is 33.2 Å². The first-order valence-corrected chi connectivity index (χ1v) is 27.5. The average Bonchev–Trinajstić information content (AvgIpc) is 2.84. The van der Waals surface area contributed by atoms with Crippen molar-refractivity contribution in [1.29, 1.82) is 0 Å². The van der Waals surface area contributed by atoms with Crippen LogP contribution in [0.15, 0.2) is 143 Å². The predicted octanol–water partition coefficient (Wildman–Crippen LogP) is 11.4. The van der Waals surface area contributed by atoms with Gasteiger partial charge in [-0.15, -0.1) is 0 Å². The van der Waals surface area contributed by atoms with Crippen molar-refractivity contribution in [1.82, 2.24) is 34.7 Å². The fourth-order valence-corrected chi connectivity index (χ4v) is 7.56. The lowest BCUT2D eigenvalue weighted by molar-refractivity contribution is -0.138. The van der Waals surface area contributed by atoms with Crippen LogP contribution in [-0.2, 0) is 34.0 Å². The summed E-state index contributed by atoms with van der Waals surface area (Å²) in [6, 6.07) is 27.7. The van der Waals surface area contributed by atoms with Crippen LogP contribution in [0.2, 0.25) is 0 Å². The summed E-state index contributed by atoms with van der Waals surface area (Å²) in [5.41, 5.74) is 7.26. The number of aromatic carboxylic acids is 1. The zero-order chi connectivity index (χ0) is 63.1. The summed E-state index contributed by atoms with van der Waals surface area (Å²) >= 11 is 0. The lowest BCUT2D eigenvalue weighted by Crippen LogP contribution is -2.28. The summed E-state index contributed by atoms with van der Waals surface area (Å²) in [6.45, 7) is 24.5. The number of carboxylic acids is 2. The molecule has 0 atom stereocenters. The summed E-state index contributed by atoms with van der Waals surface area (Å²) < 4.78 is 19.5. The van der Waals surface area contributed by atoms with Crippen molar-refractivity contribution in [2.45, 2.75) is 123 Å². The van der Waals surface area contributed by atoms with Crippen LogP contribution in [0.5, 0.6) is 5.75 Å². The lowest BCUT2D eigenvalue weighted by atomic mass is 10.1. The van der Waals surface area contributed by atoms with Crippen LogP contribution in [0.1, 0.15) is 123 Å². The first-order valence-electron chi connectivity index (χ1n) is 27.5. The van der Waals surface area contributed by atoms with Crippen LogP contribution in [-0.4, -0.2) is 87.7 Å². The maximum Gasteiger partial charge on any atom is 0.347 e. The van der Waals surface area contributed by atoms with Gasteiger partial charge in [0, 0.05) is 28.3 Å². The molecule has 85 heavy (non-hydrogen) atoms. The van der Waals surface area contributed by atoms with Gasteiger partial charge in [0.1, 0.15) is 57.5 Å². The summed E-state index contributed by atoms with van der Waals surface area (Å²) in [5.74, 6) is -2.68. The Hall–Kier alpha value is -9.83. The van der Waals surface area contributed by atoms with E-state index in [1.807, 2.05) is 98.7 Å². The van der Waals surface area contributed by atoms with Gasteiger partial charge in [0.15, 0.2) is 12.1 Å². The van der Waals surface area contributed by atoms with Crippen LogP contribution in [0.25, 0.3) is 66.0 Å². The summed E-state index contributed by atoms with van der Waals surface area (Å²) in [7, 11) is 0. The molecule has 0 saturated heterocycles. The number of carbonyl (C=O) groups excluding carboxylic acids is 3. The first kappa shape index (κ1) is 73.2.